The Bertz CT molecular complexity index is 1380. The lowest BCUT2D eigenvalue weighted by Crippen LogP contribution is -2.23. The molecule has 11 heteroatoms. The number of nitrogens with one attached hydrogen (secondary N) is 2. The molecule has 2 N–H and O–H groups in total. The van der Waals surface area contributed by atoms with Crippen molar-refractivity contribution < 1.29 is 22.7 Å². The van der Waals surface area contributed by atoms with Gasteiger partial charge in [-0.2, -0.15) is 18.3 Å². The topological polar surface area (TPSA) is 100 Å². The molecule has 0 saturated carbocycles. The lowest BCUT2D eigenvalue weighted by molar-refractivity contribution is -0.137. The Labute approximate surface area is 197 Å². The third-order valence-electron chi connectivity index (χ3n) is 5.28. The highest BCUT2D eigenvalue weighted by Crippen LogP contribution is 2.31. The van der Waals surface area contributed by atoms with Crippen molar-refractivity contribution >= 4 is 29.4 Å². The second kappa shape index (κ2) is 9.45. The first-order valence-corrected chi connectivity index (χ1v) is 10.5. The van der Waals surface area contributed by atoms with Gasteiger partial charge in [0.2, 0.25) is 5.43 Å². The van der Waals surface area contributed by atoms with Crippen molar-refractivity contribution in [1.82, 2.24) is 9.78 Å². The number of nitrogens with zero attached hydrogens (tertiary/aromatic N) is 3. The van der Waals surface area contributed by atoms with Crippen LogP contribution in [-0.2, 0) is 10.9 Å². The smallest absolute Gasteiger partial charge is 0.416 e. The van der Waals surface area contributed by atoms with E-state index in [0.717, 1.165) is 23.9 Å². The number of rotatable bonds is 6. The molecule has 35 heavy (non-hydrogen) atoms. The third-order valence-corrected chi connectivity index (χ3v) is 5.28. The summed E-state index contributed by atoms with van der Waals surface area (Å²) in [6, 6.07) is 11.0. The minimum atomic E-state index is -4.53. The van der Waals surface area contributed by atoms with Crippen molar-refractivity contribution in [2.75, 3.05) is 23.4 Å². The molecule has 1 fully saturated rings. The summed E-state index contributed by atoms with van der Waals surface area (Å²) in [6.45, 7) is 2.57. The lowest BCUT2D eigenvalue weighted by Gasteiger charge is -2.17. The van der Waals surface area contributed by atoms with Crippen molar-refractivity contribution in [3.63, 3.8) is 0 Å². The van der Waals surface area contributed by atoms with Crippen LogP contribution in [0.25, 0.3) is 11.4 Å². The van der Waals surface area contributed by atoms with Crippen molar-refractivity contribution in [3.05, 3.63) is 87.8 Å². The number of carbonyl (C=O) groups is 1. The van der Waals surface area contributed by atoms with Crippen LogP contribution in [-0.4, -0.2) is 35.2 Å². The monoisotopic (exact) mass is 483 g/mol. The van der Waals surface area contributed by atoms with Gasteiger partial charge in [-0.3, -0.25) is 9.69 Å². The van der Waals surface area contributed by atoms with Crippen LogP contribution < -0.4 is 15.6 Å². The van der Waals surface area contributed by atoms with Gasteiger partial charge in [0.05, 0.1) is 23.5 Å². The number of benzene rings is 2. The maximum atomic E-state index is 13.1. The maximum absolute atomic E-state index is 13.1. The van der Waals surface area contributed by atoms with Gasteiger partial charge in [-0.25, -0.2) is 9.48 Å². The summed E-state index contributed by atoms with van der Waals surface area (Å²) in [7, 11) is 0. The molecule has 0 radical (unpaired) electrons. The molecule has 0 aliphatic carbocycles. The van der Waals surface area contributed by atoms with Gasteiger partial charge in [-0.15, -0.1) is 0 Å². The predicted octanol–water partition coefficient (Wildman–Crippen LogP) is 4.62. The SMILES string of the molecule is Cc1cc(N2CCOC2=O)ccc1-n1ccc(=O)c(/C(=C/C=N)Nc2cccc(C(F)(F)F)c2)n1. The molecule has 1 aliphatic heterocycles. The molecule has 0 atom stereocenters. The van der Waals surface area contributed by atoms with E-state index in [2.05, 4.69) is 10.4 Å². The second-order valence-electron chi connectivity index (χ2n) is 7.66. The number of hydrogen-bond acceptors (Lipinski definition) is 6. The van der Waals surface area contributed by atoms with E-state index in [9.17, 15) is 22.8 Å². The van der Waals surface area contributed by atoms with Gasteiger partial charge in [-0.1, -0.05) is 6.07 Å². The van der Waals surface area contributed by atoms with E-state index in [1.54, 1.807) is 18.2 Å². The van der Waals surface area contributed by atoms with Gasteiger partial charge in [-0.05, 0) is 55.0 Å². The molecule has 0 spiro atoms. The summed E-state index contributed by atoms with van der Waals surface area (Å²) in [6.07, 6.45) is -1.35. The molecule has 0 unspecified atom stereocenters. The second-order valence-corrected chi connectivity index (χ2v) is 7.66. The number of anilines is 2. The van der Waals surface area contributed by atoms with Crippen molar-refractivity contribution in [2.24, 2.45) is 0 Å². The molecule has 2 heterocycles. The highest BCUT2D eigenvalue weighted by Gasteiger charge is 2.30. The van der Waals surface area contributed by atoms with E-state index in [-0.39, 0.29) is 17.1 Å². The van der Waals surface area contributed by atoms with E-state index in [0.29, 0.717) is 24.5 Å². The van der Waals surface area contributed by atoms with Crippen LogP contribution in [0, 0.1) is 12.3 Å². The standard InChI is InChI=1S/C24H20F3N5O3/c1-15-13-18(31-11-12-35-23(31)34)5-6-20(15)32-10-8-21(33)22(30-32)19(7-9-28)29-17-4-2-3-16(14-17)24(25,26)27/h2-10,13-14,28-29H,11-12H2,1H3/b19-7-,28-9?. The summed E-state index contributed by atoms with van der Waals surface area (Å²) < 4.78 is 45.7. The number of allylic oxidation sites excluding steroid dienone is 1. The van der Waals surface area contributed by atoms with Crippen molar-refractivity contribution in [3.8, 4) is 5.69 Å². The number of alkyl halides is 3. The highest BCUT2D eigenvalue weighted by atomic mass is 19.4. The number of aryl methyl sites for hydroxylation is 1. The summed E-state index contributed by atoms with van der Waals surface area (Å²) in [5.41, 5.74) is 0.764. The van der Waals surface area contributed by atoms with E-state index >= 15 is 0 Å². The Morgan fingerprint density at radius 2 is 1.97 bits per heavy atom. The Balaban J connectivity index is 1.69. The first-order chi connectivity index (χ1) is 16.7. The molecule has 1 aliphatic rings. The third kappa shape index (κ3) is 5.08. The van der Waals surface area contributed by atoms with Crippen LogP contribution in [0.1, 0.15) is 16.8 Å². The van der Waals surface area contributed by atoms with Crippen LogP contribution in [0.5, 0.6) is 0 Å². The Kier molecular flexibility index (Phi) is 6.41. The lowest BCUT2D eigenvalue weighted by atomic mass is 10.1. The zero-order chi connectivity index (χ0) is 25.2. The maximum Gasteiger partial charge on any atom is 0.416 e. The fourth-order valence-corrected chi connectivity index (χ4v) is 3.61. The number of ether oxygens (including phenoxy) is 1. The number of halogens is 3. The zero-order valence-electron chi connectivity index (χ0n) is 18.5. The first kappa shape index (κ1) is 23.7. The minimum Gasteiger partial charge on any atom is -0.447 e. The molecule has 4 rings (SSSR count). The molecule has 1 aromatic heterocycles. The average molecular weight is 483 g/mol. The summed E-state index contributed by atoms with van der Waals surface area (Å²) in [5, 5.41) is 14.6. The van der Waals surface area contributed by atoms with Gasteiger partial charge in [0.1, 0.15) is 6.61 Å². The molecule has 180 valence electrons. The normalized spacial score (nSPS) is 14.1. The quantitative estimate of drug-likeness (QED) is 0.499. The molecule has 1 amide bonds. The number of hydrogen-bond donors (Lipinski definition) is 2. The van der Waals surface area contributed by atoms with Gasteiger partial charge in [0.15, 0.2) is 5.69 Å². The van der Waals surface area contributed by atoms with Gasteiger partial charge in [0, 0.05) is 29.9 Å². The Morgan fingerprint density at radius 3 is 2.63 bits per heavy atom. The van der Waals surface area contributed by atoms with Crippen LogP contribution >= 0.6 is 0 Å². The first-order valence-electron chi connectivity index (χ1n) is 10.5. The summed E-state index contributed by atoms with van der Waals surface area (Å²) >= 11 is 0. The number of carbonyl (C=O) groups excluding carboxylic acids is 1. The van der Waals surface area contributed by atoms with Crippen LogP contribution in [0.4, 0.5) is 29.3 Å². The van der Waals surface area contributed by atoms with Crippen molar-refractivity contribution in [2.45, 2.75) is 13.1 Å². The van der Waals surface area contributed by atoms with E-state index in [1.807, 2.05) is 6.92 Å². The van der Waals surface area contributed by atoms with E-state index in [1.165, 1.54) is 40.1 Å². The number of amides is 1. The number of aromatic nitrogens is 2. The molecule has 2 aromatic carbocycles. The van der Waals surface area contributed by atoms with Gasteiger partial charge in [0.25, 0.3) is 0 Å². The fraction of sp³-hybridized carbons (Fsp3) is 0.167. The molecular weight excluding hydrogens is 463 g/mol. The Morgan fingerprint density at radius 1 is 1.17 bits per heavy atom. The van der Waals surface area contributed by atoms with Gasteiger partial charge >= 0.3 is 12.3 Å². The summed E-state index contributed by atoms with van der Waals surface area (Å²) in [5.74, 6) is 0. The number of cyclic esters (lactones) is 1. The average Bonchev–Trinajstić information content (AvgIpc) is 3.25. The fourth-order valence-electron chi connectivity index (χ4n) is 3.61. The largest absolute Gasteiger partial charge is 0.447 e. The van der Waals surface area contributed by atoms with E-state index < -0.39 is 23.3 Å². The predicted molar refractivity (Wildman–Crippen MR) is 125 cm³/mol. The van der Waals surface area contributed by atoms with Crippen molar-refractivity contribution in [1.29, 1.82) is 5.41 Å². The Hall–Kier alpha value is -4.41. The van der Waals surface area contributed by atoms with Crippen LogP contribution in [0.15, 0.2) is 65.6 Å². The highest BCUT2D eigenvalue weighted by molar-refractivity contribution is 5.89. The van der Waals surface area contributed by atoms with Gasteiger partial charge < -0.3 is 15.5 Å². The molecule has 0 bridgehead atoms. The zero-order valence-corrected chi connectivity index (χ0v) is 18.5. The molecule has 1 saturated heterocycles. The van der Waals surface area contributed by atoms with E-state index in [4.69, 9.17) is 10.1 Å². The molecule has 8 nitrogen and oxygen atoms in total. The molecule has 3 aromatic rings. The minimum absolute atomic E-state index is 0.0627. The van der Waals surface area contributed by atoms with Crippen LogP contribution in [0.2, 0.25) is 0 Å². The molecular formula is C24H20F3N5O3. The van der Waals surface area contributed by atoms with Crippen LogP contribution in [0.3, 0.4) is 0 Å². The summed E-state index contributed by atoms with van der Waals surface area (Å²) in [4.78, 5) is 26.0.